The van der Waals surface area contributed by atoms with Gasteiger partial charge < -0.3 is 0 Å². The van der Waals surface area contributed by atoms with E-state index in [1.807, 2.05) is 53.3 Å². The molecule has 110 valence electrons. The number of hydrogen-bond acceptors (Lipinski definition) is 5. The molecule has 0 amide bonds. The lowest BCUT2D eigenvalue weighted by Gasteiger charge is -2.27. The topological polar surface area (TPSA) is 56.0 Å². The highest BCUT2D eigenvalue weighted by Crippen LogP contribution is 2.36. The molecule has 3 heterocycles. The summed E-state index contributed by atoms with van der Waals surface area (Å²) in [7, 11) is 1.90. The van der Waals surface area contributed by atoms with Gasteiger partial charge in [0.2, 0.25) is 0 Å². The summed E-state index contributed by atoms with van der Waals surface area (Å²) < 4.78 is 3.39. The van der Waals surface area contributed by atoms with Crippen LogP contribution >= 0.6 is 11.8 Å². The predicted octanol–water partition coefficient (Wildman–Crippen LogP) is 1.85. The Hall–Kier alpha value is -2.54. The second kappa shape index (κ2) is 5.03. The normalized spacial score (nSPS) is 12.9. The van der Waals surface area contributed by atoms with Gasteiger partial charge >= 0.3 is 0 Å². The molecule has 0 saturated heterocycles. The smallest absolute Gasteiger partial charge is 0.280 e. The standard InChI is InChI=1S/C15H13N5OS/c1-18-12-9-17-19(10-11-5-3-2-4-6-11)14(21)13(12)22-15-16-7-8-20(15)18/h2-9H,10H2,1H3. The van der Waals surface area contributed by atoms with E-state index in [0.29, 0.717) is 11.4 Å². The Balaban J connectivity index is 1.77. The molecule has 0 aliphatic carbocycles. The van der Waals surface area contributed by atoms with Crippen molar-refractivity contribution in [3.05, 3.63) is 64.8 Å². The molecule has 1 aromatic carbocycles. The van der Waals surface area contributed by atoms with Gasteiger partial charge in [-0.3, -0.25) is 9.80 Å². The van der Waals surface area contributed by atoms with Gasteiger partial charge in [0.15, 0.2) is 5.16 Å². The second-order valence-corrected chi connectivity index (χ2v) is 5.96. The quantitative estimate of drug-likeness (QED) is 0.723. The van der Waals surface area contributed by atoms with E-state index in [1.165, 1.54) is 16.4 Å². The summed E-state index contributed by atoms with van der Waals surface area (Å²) in [4.78, 5) is 17.6. The fraction of sp³-hybridized carbons (Fsp3) is 0.133. The van der Waals surface area contributed by atoms with Gasteiger partial charge in [-0.05, 0) is 17.3 Å². The van der Waals surface area contributed by atoms with Crippen molar-refractivity contribution >= 4 is 17.4 Å². The van der Waals surface area contributed by atoms with E-state index in [4.69, 9.17) is 0 Å². The molecule has 0 unspecified atom stereocenters. The fourth-order valence-corrected chi connectivity index (χ4v) is 3.50. The van der Waals surface area contributed by atoms with E-state index in [2.05, 4.69) is 10.1 Å². The first-order valence-corrected chi connectivity index (χ1v) is 7.65. The largest absolute Gasteiger partial charge is 0.283 e. The van der Waals surface area contributed by atoms with Crippen LogP contribution in [0.25, 0.3) is 0 Å². The summed E-state index contributed by atoms with van der Waals surface area (Å²) in [5.74, 6) is 0. The highest BCUT2D eigenvalue weighted by molar-refractivity contribution is 7.99. The zero-order chi connectivity index (χ0) is 15.1. The molecule has 3 aromatic rings. The van der Waals surface area contributed by atoms with Gasteiger partial charge in [0.05, 0.1) is 18.4 Å². The molecule has 0 saturated carbocycles. The van der Waals surface area contributed by atoms with Crippen LogP contribution in [-0.2, 0) is 6.54 Å². The van der Waals surface area contributed by atoms with E-state index in [0.717, 1.165) is 16.4 Å². The van der Waals surface area contributed by atoms with Crippen molar-refractivity contribution in [3.8, 4) is 0 Å². The summed E-state index contributed by atoms with van der Waals surface area (Å²) in [5.41, 5.74) is 1.75. The molecule has 7 heteroatoms. The predicted molar refractivity (Wildman–Crippen MR) is 84.2 cm³/mol. The number of aromatic nitrogens is 4. The van der Waals surface area contributed by atoms with Crippen LogP contribution in [0.4, 0.5) is 5.69 Å². The van der Waals surface area contributed by atoms with Gasteiger partial charge in [-0.15, -0.1) is 0 Å². The molecule has 0 atom stereocenters. The third-order valence-electron chi connectivity index (χ3n) is 3.61. The van der Waals surface area contributed by atoms with Crippen LogP contribution in [0.3, 0.4) is 0 Å². The monoisotopic (exact) mass is 311 g/mol. The van der Waals surface area contributed by atoms with Gasteiger partial charge in [-0.1, -0.05) is 30.3 Å². The van der Waals surface area contributed by atoms with Crippen molar-refractivity contribution in [2.45, 2.75) is 16.6 Å². The molecular formula is C15H13N5OS. The summed E-state index contributed by atoms with van der Waals surface area (Å²) in [6, 6.07) is 9.84. The average molecular weight is 311 g/mol. The van der Waals surface area contributed by atoms with Crippen LogP contribution in [-0.4, -0.2) is 26.5 Å². The minimum absolute atomic E-state index is 0.0903. The lowest BCUT2D eigenvalue weighted by Crippen LogP contribution is -2.34. The number of benzene rings is 1. The van der Waals surface area contributed by atoms with Crippen molar-refractivity contribution < 1.29 is 0 Å². The number of hydrogen-bond donors (Lipinski definition) is 0. The van der Waals surface area contributed by atoms with E-state index < -0.39 is 0 Å². The first-order valence-electron chi connectivity index (χ1n) is 6.83. The molecule has 1 aliphatic heterocycles. The molecule has 0 bridgehead atoms. The highest BCUT2D eigenvalue weighted by Gasteiger charge is 2.25. The van der Waals surface area contributed by atoms with Crippen molar-refractivity contribution in [2.75, 3.05) is 12.1 Å². The van der Waals surface area contributed by atoms with Crippen LogP contribution in [0, 0.1) is 0 Å². The third-order valence-corrected chi connectivity index (χ3v) is 4.67. The minimum Gasteiger partial charge on any atom is -0.280 e. The molecular weight excluding hydrogens is 298 g/mol. The Labute approximate surface area is 131 Å². The average Bonchev–Trinajstić information content (AvgIpc) is 3.01. The molecule has 4 rings (SSSR count). The number of rotatable bonds is 2. The Morgan fingerprint density at radius 1 is 1.23 bits per heavy atom. The van der Waals surface area contributed by atoms with Gasteiger partial charge in [0.1, 0.15) is 4.90 Å². The number of anilines is 1. The number of fused-ring (bicyclic) bond motifs is 2. The van der Waals surface area contributed by atoms with Crippen LogP contribution in [0.2, 0.25) is 0 Å². The molecule has 0 spiro atoms. The Morgan fingerprint density at radius 3 is 2.86 bits per heavy atom. The SMILES string of the molecule is CN1c2cnn(Cc3ccccc3)c(=O)c2Sc2nccn21. The summed E-state index contributed by atoms with van der Waals surface area (Å²) in [5, 5.41) is 6.98. The second-order valence-electron chi connectivity index (χ2n) is 4.99. The van der Waals surface area contributed by atoms with Gasteiger partial charge in [-0.25, -0.2) is 14.3 Å². The molecule has 1 aliphatic rings. The van der Waals surface area contributed by atoms with Crippen molar-refractivity contribution in [2.24, 2.45) is 0 Å². The van der Waals surface area contributed by atoms with E-state index in [1.54, 1.807) is 12.4 Å². The highest BCUT2D eigenvalue weighted by atomic mass is 32.2. The number of imidazole rings is 1. The first kappa shape index (κ1) is 13.1. The number of nitrogens with zero attached hydrogens (tertiary/aromatic N) is 5. The van der Waals surface area contributed by atoms with E-state index in [-0.39, 0.29) is 5.56 Å². The maximum absolute atomic E-state index is 12.7. The fourth-order valence-electron chi connectivity index (χ4n) is 2.45. The lowest BCUT2D eigenvalue weighted by molar-refractivity contribution is 0.604. The molecule has 22 heavy (non-hydrogen) atoms. The van der Waals surface area contributed by atoms with Gasteiger partial charge in [0, 0.05) is 19.4 Å². The van der Waals surface area contributed by atoms with Crippen molar-refractivity contribution in [1.29, 1.82) is 0 Å². The van der Waals surface area contributed by atoms with Crippen molar-refractivity contribution in [1.82, 2.24) is 19.4 Å². The van der Waals surface area contributed by atoms with Crippen molar-refractivity contribution in [3.63, 3.8) is 0 Å². The van der Waals surface area contributed by atoms with E-state index in [9.17, 15) is 4.79 Å². The molecule has 2 aromatic heterocycles. The first-order chi connectivity index (χ1) is 10.7. The Morgan fingerprint density at radius 2 is 2.05 bits per heavy atom. The maximum Gasteiger partial charge on any atom is 0.283 e. The minimum atomic E-state index is -0.0903. The molecule has 0 N–H and O–H groups in total. The lowest BCUT2D eigenvalue weighted by atomic mass is 10.2. The van der Waals surface area contributed by atoms with Crippen LogP contribution in [0.1, 0.15) is 5.56 Å². The molecule has 0 radical (unpaired) electrons. The summed E-state index contributed by atoms with van der Waals surface area (Å²) in [6.45, 7) is 0.464. The Bertz CT molecular complexity index is 886. The van der Waals surface area contributed by atoms with Crippen LogP contribution in [0.5, 0.6) is 0 Å². The van der Waals surface area contributed by atoms with Gasteiger partial charge in [0.25, 0.3) is 5.56 Å². The zero-order valence-electron chi connectivity index (χ0n) is 11.9. The Kier molecular flexibility index (Phi) is 3.00. The van der Waals surface area contributed by atoms with Crippen LogP contribution in [0.15, 0.2) is 63.8 Å². The molecule has 6 nitrogen and oxygen atoms in total. The van der Waals surface area contributed by atoms with Gasteiger partial charge in [-0.2, -0.15) is 5.10 Å². The molecule has 0 fully saturated rings. The maximum atomic E-state index is 12.7. The zero-order valence-corrected chi connectivity index (χ0v) is 12.7. The summed E-state index contributed by atoms with van der Waals surface area (Å²) >= 11 is 1.38. The van der Waals surface area contributed by atoms with Crippen LogP contribution < -0.4 is 10.6 Å². The van der Waals surface area contributed by atoms with E-state index >= 15 is 0 Å². The summed E-state index contributed by atoms with van der Waals surface area (Å²) in [6.07, 6.45) is 5.32. The third kappa shape index (κ3) is 2.01.